The minimum Gasteiger partial charge on any atom is -0.465 e. The van der Waals surface area contributed by atoms with E-state index in [1.807, 2.05) is 6.07 Å². The van der Waals surface area contributed by atoms with Crippen LogP contribution in [0.15, 0.2) is 41.8 Å². The summed E-state index contributed by atoms with van der Waals surface area (Å²) in [6.07, 6.45) is 0. The summed E-state index contributed by atoms with van der Waals surface area (Å²) in [6, 6.07) is 12.4. The van der Waals surface area contributed by atoms with Gasteiger partial charge in [0.05, 0.1) is 37.5 Å². The Balaban J connectivity index is 1.84. The van der Waals surface area contributed by atoms with Crippen molar-refractivity contribution in [2.75, 3.05) is 20.3 Å². The van der Waals surface area contributed by atoms with E-state index in [4.69, 9.17) is 19.9 Å². The highest BCUT2D eigenvalue weighted by Gasteiger charge is 2.66. The summed E-state index contributed by atoms with van der Waals surface area (Å²) < 4.78 is 32.4. The molecule has 35 heavy (non-hydrogen) atoms. The van der Waals surface area contributed by atoms with E-state index in [-0.39, 0.29) is 36.1 Å². The number of thiophene rings is 1. The molecule has 0 aliphatic carbocycles. The molecular weight excluding hydrogens is 473 g/mol. The Kier molecular flexibility index (Phi) is 5.13. The number of ether oxygens (including phenoxy) is 3. The molecule has 1 fully saturated rings. The van der Waals surface area contributed by atoms with Gasteiger partial charge in [0, 0.05) is 10.6 Å². The van der Waals surface area contributed by atoms with E-state index in [2.05, 4.69) is 16.3 Å². The molecule has 5 rings (SSSR count). The maximum Gasteiger partial charge on any atom is 0.348 e. The molecule has 0 spiro atoms. The van der Waals surface area contributed by atoms with Crippen LogP contribution >= 0.6 is 11.3 Å². The predicted octanol–water partition coefficient (Wildman–Crippen LogP) is 3.22. The molecule has 1 atom stereocenters. The van der Waals surface area contributed by atoms with Crippen LogP contribution in [0.25, 0.3) is 10.4 Å². The second-order valence-electron chi connectivity index (χ2n) is 8.26. The van der Waals surface area contributed by atoms with Gasteiger partial charge in [0.15, 0.2) is 5.67 Å². The first-order chi connectivity index (χ1) is 16.8. The monoisotopic (exact) mass is 491 g/mol. The zero-order valence-electron chi connectivity index (χ0n) is 18.6. The number of aromatic amines is 1. The van der Waals surface area contributed by atoms with Crippen LogP contribution in [-0.2, 0) is 14.9 Å². The molecular formula is C24H18FN5O4S. The van der Waals surface area contributed by atoms with Crippen molar-refractivity contribution in [3.63, 3.8) is 0 Å². The maximum absolute atomic E-state index is 16.8. The molecule has 0 bridgehead atoms. The fraction of sp³-hybridized carbons (Fsp3) is 0.250. The lowest BCUT2D eigenvalue weighted by Crippen LogP contribution is -2.63. The number of nitriles is 2. The highest BCUT2D eigenvalue weighted by Crippen LogP contribution is 2.58. The molecule has 4 heterocycles. The summed E-state index contributed by atoms with van der Waals surface area (Å²) >= 11 is 1.17. The van der Waals surface area contributed by atoms with Gasteiger partial charge in [-0.25, -0.2) is 9.18 Å². The number of esters is 1. The molecule has 1 saturated heterocycles. The SMILES string of the molecule is COC(=O)c1ccc(-c2cc(C#N)cc(C3(C4(F)COC4)C(C#N)=C(N)Oc4n[nH]c(C)c43)c2)s1. The number of methoxy groups -OCH3 is 1. The number of rotatable bonds is 4. The minimum atomic E-state index is -2.08. The second-order valence-corrected chi connectivity index (χ2v) is 9.34. The van der Waals surface area contributed by atoms with Crippen LogP contribution in [0.3, 0.4) is 0 Å². The van der Waals surface area contributed by atoms with Crippen molar-refractivity contribution in [3.05, 3.63) is 69.0 Å². The summed E-state index contributed by atoms with van der Waals surface area (Å²) in [5.41, 5.74) is 4.09. The van der Waals surface area contributed by atoms with Gasteiger partial charge in [-0.05, 0) is 48.4 Å². The Morgan fingerprint density at radius 3 is 2.69 bits per heavy atom. The first-order valence-electron chi connectivity index (χ1n) is 10.4. The van der Waals surface area contributed by atoms with Crippen molar-refractivity contribution < 1.29 is 23.4 Å². The third-order valence-corrected chi connectivity index (χ3v) is 7.45. The van der Waals surface area contributed by atoms with Gasteiger partial charge in [0.2, 0.25) is 11.8 Å². The number of halogens is 1. The molecule has 3 aromatic rings. The van der Waals surface area contributed by atoms with Crippen LogP contribution in [0.4, 0.5) is 4.39 Å². The molecule has 1 aromatic carbocycles. The largest absolute Gasteiger partial charge is 0.465 e. The van der Waals surface area contributed by atoms with E-state index >= 15 is 4.39 Å². The van der Waals surface area contributed by atoms with Crippen LogP contribution in [0.2, 0.25) is 0 Å². The molecule has 0 saturated carbocycles. The second kappa shape index (κ2) is 7.94. The predicted molar refractivity (Wildman–Crippen MR) is 122 cm³/mol. The highest BCUT2D eigenvalue weighted by molar-refractivity contribution is 7.17. The Morgan fingerprint density at radius 2 is 2.06 bits per heavy atom. The maximum atomic E-state index is 16.8. The average Bonchev–Trinajstić information content (AvgIpc) is 3.48. The van der Waals surface area contributed by atoms with Crippen molar-refractivity contribution in [2.45, 2.75) is 18.0 Å². The number of benzene rings is 1. The van der Waals surface area contributed by atoms with E-state index in [9.17, 15) is 15.3 Å². The van der Waals surface area contributed by atoms with Gasteiger partial charge in [-0.2, -0.15) is 10.5 Å². The number of aryl methyl sites for hydroxylation is 1. The number of aromatic nitrogens is 2. The van der Waals surface area contributed by atoms with Crippen LogP contribution in [0, 0.1) is 29.6 Å². The Bertz CT molecular complexity index is 1490. The Hall–Kier alpha value is -4.19. The molecule has 0 radical (unpaired) electrons. The number of nitrogens with two attached hydrogens (primary N) is 1. The van der Waals surface area contributed by atoms with Gasteiger partial charge in [0.25, 0.3) is 0 Å². The number of H-pyrrole nitrogens is 1. The normalized spacial score (nSPS) is 20.1. The fourth-order valence-electron chi connectivity index (χ4n) is 4.77. The van der Waals surface area contributed by atoms with Gasteiger partial charge in [-0.15, -0.1) is 16.4 Å². The van der Waals surface area contributed by atoms with Crippen LogP contribution in [0.1, 0.15) is 32.1 Å². The van der Waals surface area contributed by atoms with Crippen molar-refractivity contribution in [1.29, 1.82) is 10.5 Å². The number of hydrogen-bond acceptors (Lipinski definition) is 9. The van der Waals surface area contributed by atoms with Crippen LogP contribution in [0.5, 0.6) is 5.88 Å². The molecule has 2 aromatic heterocycles. The van der Waals surface area contributed by atoms with Crippen molar-refractivity contribution in [1.82, 2.24) is 10.2 Å². The number of hydrogen-bond donors (Lipinski definition) is 2. The van der Waals surface area contributed by atoms with Crippen molar-refractivity contribution >= 4 is 17.3 Å². The standard InChI is InChI=1S/C24H18FN5O4S/c1-12-19-21(30-29-12)34-20(28)16(9-27)24(19,23(25)10-33-11-23)15-6-13(8-26)5-14(7-15)17-3-4-18(35-17)22(31)32-2/h3-7H,10-11,28H2,1-2H3,(H,29,30). The molecule has 1 unspecified atom stereocenters. The Morgan fingerprint density at radius 1 is 1.29 bits per heavy atom. The van der Waals surface area contributed by atoms with Crippen LogP contribution < -0.4 is 10.5 Å². The smallest absolute Gasteiger partial charge is 0.348 e. The summed E-state index contributed by atoms with van der Waals surface area (Å²) in [4.78, 5) is 13.0. The van der Waals surface area contributed by atoms with E-state index in [0.29, 0.717) is 32.1 Å². The number of allylic oxidation sites excluding steroid dienone is 1. The number of nitrogens with one attached hydrogen (secondary N) is 1. The van der Waals surface area contributed by atoms with Gasteiger partial charge in [0.1, 0.15) is 21.9 Å². The summed E-state index contributed by atoms with van der Waals surface area (Å²) in [5.74, 6) is -0.714. The summed E-state index contributed by atoms with van der Waals surface area (Å²) in [6.45, 7) is 1.10. The molecule has 9 nitrogen and oxygen atoms in total. The quantitative estimate of drug-likeness (QED) is 0.529. The van der Waals surface area contributed by atoms with E-state index in [0.717, 1.165) is 0 Å². The zero-order valence-corrected chi connectivity index (χ0v) is 19.5. The Labute approximate surface area is 203 Å². The highest BCUT2D eigenvalue weighted by atomic mass is 32.1. The summed E-state index contributed by atoms with van der Waals surface area (Å²) in [7, 11) is 1.29. The fourth-order valence-corrected chi connectivity index (χ4v) is 5.69. The lowest BCUT2D eigenvalue weighted by molar-refractivity contribution is -0.156. The molecule has 2 aliphatic rings. The number of carbonyl (C=O) groups is 1. The van der Waals surface area contributed by atoms with Gasteiger partial charge in [-0.1, -0.05) is 0 Å². The first kappa shape index (κ1) is 22.6. The summed E-state index contributed by atoms with van der Waals surface area (Å²) in [5, 5.41) is 26.9. The van der Waals surface area contributed by atoms with Gasteiger partial charge < -0.3 is 19.9 Å². The lowest BCUT2D eigenvalue weighted by atomic mass is 9.58. The van der Waals surface area contributed by atoms with Crippen molar-refractivity contribution in [3.8, 4) is 28.5 Å². The third kappa shape index (κ3) is 3.06. The minimum absolute atomic E-state index is 0.0518. The molecule has 0 amide bonds. The third-order valence-electron chi connectivity index (χ3n) is 6.33. The van der Waals surface area contributed by atoms with E-state index < -0.39 is 17.1 Å². The first-order valence-corrected chi connectivity index (χ1v) is 11.2. The number of nitrogens with zero attached hydrogens (tertiary/aromatic N) is 3. The number of fused-ring (bicyclic) bond motifs is 1. The van der Waals surface area contributed by atoms with Crippen molar-refractivity contribution in [2.24, 2.45) is 5.73 Å². The van der Waals surface area contributed by atoms with E-state index in [1.54, 1.807) is 31.2 Å². The van der Waals surface area contributed by atoms with Crippen LogP contribution in [-0.4, -0.2) is 42.2 Å². The molecule has 3 N–H and O–H groups in total. The number of alkyl halides is 1. The molecule has 11 heteroatoms. The average molecular weight is 492 g/mol. The zero-order chi connectivity index (χ0) is 25.0. The van der Waals surface area contributed by atoms with Gasteiger partial charge >= 0.3 is 5.97 Å². The van der Waals surface area contributed by atoms with E-state index in [1.165, 1.54) is 24.5 Å². The number of carbonyl (C=O) groups excluding carboxylic acids is 1. The lowest BCUT2D eigenvalue weighted by Gasteiger charge is -2.51. The topological polar surface area (TPSA) is 147 Å². The molecule has 2 aliphatic heterocycles. The molecule has 176 valence electrons. The van der Waals surface area contributed by atoms with Gasteiger partial charge in [-0.3, -0.25) is 5.10 Å².